The van der Waals surface area contributed by atoms with Gasteiger partial charge in [0, 0.05) is 41.5 Å². The van der Waals surface area contributed by atoms with Crippen molar-refractivity contribution in [2.24, 2.45) is 5.92 Å². The molecule has 1 spiro atoms. The summed E-state index contributed by atoms with van der Waals surface area (Å²) in [6, 6.07) is 0. The summed E-state index contributed by atoms with van der Waals surface area (Å²) in [5, 5.41) is 3.52. The van der Waals surface area contributed by atoms with Gasteiger partial charge in [-0.15, -0.1) is 0 Å². The molecule has 2 heterocycles. The van der Waals surface area contributed by atoms with E-state index in [2.05, 4.69) is 38.2 Å². The maximum atomic E-state index is 3.52. The topological polar surface area (TPSA) is 15.3 Å². The number of hydrogen-bond donors (Lipinski definition) is 1. The molecule has 0 saturated carbocycles. The number of halogens is 1. The molecule has 2 unspecified atom stereocenters. The van der Waals surface area contributed by atoms with Gasteiger partial charge in [0.2, 0.25) is 0 Å². The first kappa shape index (κ1) is 9.21. The number of rotatable bonds is 0. The lowest BCUT2D eigenvalue weighted by Crippen LogP contribution is -2.50. The highest BCUT2D eigenvalue weighted by atomic mass is 127. The van der Waals surface area contributed by atoms with Crippen molar-refractivity contribution >= 4 is 22.9 Å². The van der Waals surface area contributed by atoms with E-state index in [1.54, 1.807) is 0 Å². The Labute approximate surface area is 88.6 Å². The molecule has 2 atom stereocenters. The molecule has 70 valence electrons. The van der Waals surface area contributed by atoms with Gasteiger partial charge in [0.1, 0.15) is 0 Å². The van der Waals surface area contributed by atoms with Crippen LogP contribution >= 0.6 is 22.9 Å². The Hall–Kier alpha value is 0.650. The van der Waals surface area contributed by atoms with Gasteiger partial charge in [-0.05, 0) is 31.7 Å². The van der Waals surface area contributed by atoms with Crippen molar-refractivity contribution in [1.29, 1.82) is 0 Å². The Morgan fingerprint density at radius 1 is 1.58 bits per heavy atom. The van der Waals surface area contributed by atoms with Crippen LogP contribution in [-0.4, -0.2) is 28.3 Å². The average Bonchev–Trinajstić information content (AvgIpc) is 2.29. The normalized spacial score (nSPS) is 44.0. The van der Waals surface area contributed by atoms with Gasteiger partial charge in [0.05, 0.1) is 0 Å². The second-order valence-corrected chi connectivity index (χ2v) is 5.52. The van der Waals surface area contributed by atoms with Gasteiger partial charge >= 0.3 is 0 Å². The molecule has 0 aromatic rings. The molecule has 2 saturated heterocycles. The first-order valence-electron chi connectivity index (χ1n) is 4.87. The molecule has 2 fully saturated rings. The van der Waals surface area contributed by atoms with Crippen molar-refractivity contribution in [3.63, 3.8) is 0 Å². The molecule has 12 heavy (non-hydrogen) atoms. The molecule has 2 rings (SSSR count). The third-order valence-corrected chi connectivity index (χ3v) is 4.58. The number of nitrogens with zero attached hydrogens (tertiary/aromatic N) is 1. The average molecular weight is 280 g/mol. The Morgan fingerprint density at radius 2 is 2.42 bits per heavy atom. The first-order valence-corrected chi connectivity index (χ1v) is 5.84. The summed E-state index contributed by atoms with van der Waals surface area (Å²) in [7, 11) is 0. The molecular weight excluding hydrogens is 263 g/mol. The van der Waals surface area contributed by atoms with Crippen LogP contribution in [0.25, 0.3) is 0 Å². The van der Waals surface area contributed by atoms with Gasteiger partial charge in [-0.1, -0.05) is 6.92 Å². The summed E-state index contributed by atoms with van der Waals surface area (Å²) in [4.78, 5) is 0. The van der Waals surface area contributed by atoms with Crippen LogP contribution < -0.4 is 5.32 Å². The smallest absolute Gasteiger partial charge is 0.0433 e. The summed E-state index contributed by atoms with van der Waals surface area (Å²) >= 11 is 2.51. The summed E-state index contributed by atoms with van der Waals surface area (Å²) in [5.74, 6) is 0.891. The Balaban J connectivity index is 2.08. The molecule has 0 radical (unpaired) electrons. The van der Waals surface area contributed by atoms with Gasteiger partial charge in [0.15, 0.2) is 0 Å². The summed E-state index contributed by atoms with van der Waals surface area (Å²) in [5.41, 5.74) is 0.512. The van der Waals surface area contributed by atoms with Crippen LogP contribution in [-0.2, 0) is 0 Å². The zero-order valence-corrected chi connectivity index (χ0v) is 9.80. The van der Waals surface area contributed by atoms with E-state index in [1.807, 2.05) is 0 Å². The maximum Gasteiger partial charge on any atom is 0.0433 e. The van der Waals surface area contributed by atoms with Gasteiger partial charge in [0.25, 0.3) is 0 Å². The molecule has 0 aromatic carbocycles. The van der Waals surface area contributed by atoms with E-state index >= 15 is 0 Å². The van der Waals surface area contributed by atoms with Gasteiger partial charge in [-0.2, -0.15) is 0 Å². The Kier molecular flexibility index (Phi) is 2.63. The number of hydrogen-bond acceptors (Lipinski definition) is 2. The van der Waals surface area contributed by atoms with Crippen molar-refractivity contribution in [3.05, 3.63) is 0 Å². The molecule has 0 aliphatic carbocycles. The molecule has 3 heteroatoms. The molecule has 0 bridgehead atoms. The summed E-state index contributed by atoms with van der Waals surface area (Å²) in [6.07, 6.45) is 4.14. The van der Waals surface area contributed by atoms with E-state index in [4.69, 9.17) is 0 Å². The quantitative estimate of drug-likeness (QED) is 0.537. The third kappa shape index (κ3) is 1.51. The second kappa shape index (κ2) is 3.42. The zero-order chi connectivity index (χ0) is 8.60. The highest BCUT2D eigenvalue weighted by Crippen LogP contribution is 2.39. The monoisotopic (exact) mass is 280 g/mol. The second-order valence-electron chi connectivity index (χ2n) is 4.36. The SMILES string of the molecule is CC1CN(I)C2(CCCNC2)C1. The largest absolute Gasteiger partial charge is 0.315 e. The minimum Gasteiger partial charge on any atom is -0.315 e. The molecule has 2 aliphatic rings. The van der Waals surface area contributed by atoms with Gasteiger partial charge in [-0.25, -0.2) is 3.11 Å². The molecule has 2 aliphatic heterocycles. The fraction of sp³-hybridized carbons (Fsp3) is 1.00. The van der Waals surface area contributed by atoms with Crippen LogP contribution in [0, 0.1) is 5.92 Å². The van der Waals surface area contributed by atoms with Crippen molar-refractivity contribution in [1.82, 2.24) is 8.43 Å². The Morgan fingerprint density at radius 3 is 2.92 bits per heavy atom. The van der Waals surface area contributed by atoms with Gasteiger partial charge < -0.3 is 5.32 Å². The molecule has 2 nitrogen and oxygen atoms in total. The number of nitrogens with one attached hydrogen (secondary N) is 1. The van der Waals surface area contributed by atoms with E-state index in [0.29, 0.717) is 5.54 Å². The third-order valence-electron chi connectivity index (χ3n) is 3.16. The van der Waals surface area contributed by atoms with Crippen molar-refractivity contribution < 1.29 is 0 Å². The summed E-state index contributed by atoms with van der Waals surface area (Å²) < 4.78 is 2.54. The van der Waals surface area contributed by atoms with E-state index in [1.165, 1.54) is 38.9 Å². The van der Waals surface area contributed by atoms with E-state index in [0.717, 1.165) is 5.92 Å². The lowest BCUT2D eigenvalue weighted by molar-refractivity contribution is 0.215. The molecular formula is C9H17IN2. The van der Waals surface area contributed by atoms with Crippen molar-refractivity contribution in [2.75, 3.05) is 19.6 Å². The highest BCUT2D eigenvalue weighted by Gasteiger charge is 2.43. The zero-order valence-electron chi connectivity index (χ0n) is 7.65. The van der Waals surface area contributed by atoms with Crippen LogP contribution in [0.2, 0.25) is 0 Å². The van der Waals surface area contributed by atoms with Gasteiger partial charge in [-0.3, -0.25) is 0 Å². The maximum absolute atomic E-state index is 3.52. The predicted octanol–water partition coefficient (Wildman–Crippen LogP) is 1.80. The van der Waals surface area contributed by atoms with Crippen LogP contribution in [0.5, 0.6) is 0 Å². The molecule has 1 N–H and O–H groups in total. The minimum absolute atomic E-state index is 0.512. The van der Waals surface area contributed by atoms with Crippen LogP contribution in [0.4, 0.5) is 0 Å². The fourth-order valence-electron chi connectivity index (χ4n) is 2.61. The predicted molar refractivity (Wildman–Crippen MR) is 59.3 cm³/mol. The van der Waals surface area contributed by atoms with E-state index in [9.17, 15) is 0 Å². The Bertz CT molecular complexity index is 166. The molecule has 0 amide bonds. The lowest BCUT2D eigenvalue weighted by Gasteiger charge is -2.38. The van der Waals surface area contributed by atoms with Crippen LogP contribution in [0.15, 0.2) is 0 Å². The van der Waals surface area contributed by atoms with Crippen molar-refractivity contribution in [3.8, 4) is 0 Å². The van der Waals surface area contributed by atoms with Crippen LogP contribution in [0.1, 0.15) is 26.2 Å². The minimum atomic E-state index is 0.512. The lowest BCUT2D eigenvalue weighted by atomic mass is 9.86. The number of piperidine rings is 1. The standard InChI is InChI=1S/C9H17IN2/c1-8-5-9(12(10)6-8)3-2-4-11-7-9/h8,11H,2-7H2,1H3. The molecule has 0 aromatic heterocycles. The fourth-order valence-corrected chi connectivity index (χ4v) is 3.89. The first-order chi connectivity index (χ1) is 5.73. The van der Waals surface area contributed by atoms with E-state index in [-0.39, 0.29) is 0 Å². The van der Waals surface area contributed by atoms with Crippen molar-refractivity contribution in [2.45, 2.75) is 31.7 Å². The van der Waals surface area contributed by atoms with E-state index < -0.39 is 0 Å². The summed E-state index contributed by atoms with van der Waals surface area (Å²) in [6.45, 7) is 6.08. The van der Waals surface area contributed by atoms with Crippen LogP contribution in [0.3, 0.4) is 0 Å². The highest BCUT2D eigenvalue weighted by molar-refractivity contribution is 14.1.